The lowest BCUT2D eigenvalue weighted by atomic mass is 10.1. The molecule has 7 nitrogen and oxygen atoms in total. The van der Waals surface area contributed by atoms with E-state index in [0.29, 0.717) is 10.6 Å². The monoisotopic (exact) mass is 417 g/mol. The van der Waals surface area contributed by atoms with Gasteiger partial charge in [-0.25, -0.2) is 4.99 Å². The number of aromatic nitrogens is 2. The van der Waals surface area contributed by atoms with E-state index in [1.165, 1.54) is 7.11 Å². The number of alkyl halides is 3. The summed E-state index contributed by atoms with van der Waals surface area (Å²) in [4.78, 5) is 16.5. The number of halogens is 4. The maximum Gasteiger partial charge on any atom is 0.432 e. The Labute approximate surface area is 164 Å². The van der Waals surface area contributed by atoms with Gasteiger partial charge in [-0.1, -0.05) is 23.7 Å². The molecule has 0 aliphatic heterocycles. The molecule has 2 aromatic rings. The Morgan fingerprint density at radius 3 is 2.75 bits per heavy atom. The number of benzene rings is 1. The van der Waals surface area contributed by atoms with E-state index in [1.807, 2.05) is 5.10 Å². The molecule has 0 saturated carbocycles. The molecule has 1 atom stereocenters. The summed E-state index contributed by atoms with van der Waals surface area (Å²) in [5.41, 5.74) is -0.349. The van der Waals surface area contributed by atoms with Gasteiger partial charge in [-0.05, 0) is 24.6 Å². The number of methoxy groups -OCH3 is 1. The molecule has 0 spiro atoms. The summed E-state index contributed by atoms with van der Waals surface area (Å²) in [5.74, 6) is -0.611. The fourth-order valence-corrected chi connectivity index (χ4v) is 2.47. The minimum atomic E-state index is -4.57. The Hall–Kier alpha value is -2.59. The van der Waals surface area contributed by atoms with Crippen LogP contribution in [0.25, 0.3) is 0 Å². The summed E-state index contributed by atoms with van der Waals surface area (Å²) >= 11 is 5.90. The van der Waals surface area contributed by atoms with Crippen LogP contribution < -0.4 is 10.6 Å². The van der Waals surface area contributed by atoms with Crippen LogP contribution in [-0.4, -0.2) is 41.8 Å². The maximum atomic E-state index is 12.7. The van der Waals surface area contributed by atoms with Crippen LogP contribution in [-0.2, 0) is 22.1 Å². The molecule has 28 heavy (non-hydrogen) atoms. The number of aliphatic imine (C=N–C) groups is 1. The smallest absolute Gasteiger partial charge is 0.382 e. The van der Waals surface area contributed by atoms with E-state index in [9.17, 15) is 18.0 Å². The molecule has 0 fully saturated rings. The van der Waals surface area contributed by atoms with Crippen LogP contribution in [0.15, 0.2) is 35.3 Å². The summed E-state index contributed by atoms with van der Waals surface area (Å²) in [5, 5.41) is 11.0. The average molecular weight is 418 g/mol. The number of ether oxygens (including phenoxy) is 1. The van der Waals surface area contributed by atoms with Gasteiger partial charge in [-0.3, -0.25) is 15.2 Å². The highest BCUT2D eigenvalue weighted by Gasteiger charge is 2.33. The summed E-state index contributed by atoms with van der Waals surface area (Å²) in [6.07, 6.45) is -4.56. The zero-order valence-electron chi connectivity index (χ0n) is 15.1. The lowest BCUT2D eigenvalue weighted by Gasteiger charge is -2.13. The molecular weight excluding hydrogens is 399 g/mol. The zero-order chi connectivity index (χ0) is 20.7. The first-order valence-corrected chi connectivity index (χ1v) is 8.56. The number of rotatable bonds is 6. The molecule has 1 aromatic carbocycles. The van der Waals surface area contributed by atoms with E-state index in [0.717, 1.165) is 6.07 Å². The van der Waals surface area contributed by atoms with Crippen LogP contribution in [0.1, 0.15) is 18.2 Å². The van der Waals surface area contributed by atoms with Gasteiger partial charge in [0.1, 0.15) is 5.69 Å². The molecule has 0 saturated heterocycles. The highest BCUT2D eigenvalue weighted by atomic mass is 35.5. The number of nitrogens with zero attached hydrogens (tertiary/aromatic N) is 2. The highest BCUT2D eigenvalue weighted by Crippen LogP contribution is 2.28. The normalized spacial score (nSPS) is 13.3. The third-order valence-electron chi connectivity index (χ3n) is 3.40. The van der Waals surface area contributed by atoms with Gasteiger partial charge in [0.15, 0.2) is 5.82 Å². The Balaban J connectivity index is 2.12. The number of amides is 1. The van der Waals surface area contributed by atoms with E-state index in [-0.39, 0.29) is 30.8 Å². The van der Waals surface area contributed by atoms with Crippen molar-refractivity contribution in [1.29, 1.82) is 0 Å². The van der Waals surface area contributed by atoms with Crippen molar-refractivity contribution in [3.05, 3.63) is 46.6 Å². The van der Waals surface area contributed by atoms with Crippen LogP contribution in [0.2, 0.25) is 5.02 Å². The molecule has 152 valence electrons. The van der Waals surface area contributed by atoms with Crippen molar-refractivity contribution in [2.24, 2.45) is 4.99 Å². The zero-order valence-corrected chi connectivity index (χ0v) is 15.9. The van der Waals surface area contributed by atoms with Crippen molar-refractivity contribution in [2.45, 2.75) is 25.6 Å². The number of hydrogen-bond acceptors (Lipinski definition) is 4. The van der Waals surface area contributed by atoms with Crippen LogP contribution in [0.4, 0.5) is 19.0 Å². The fourth-order valence-electron chi connectivity index (χ4n) is 2.26. The number of carbonyl (C=O) groups excluding carboxylic acids is 1. The van der Waals surface area contributed by atoms with Gasteiger partial charge in [-0.15, -0.1) is 0 Å². The number of aromatic amines is 1. The Morgan fingerprint density at radius 2 is 2.14 bits per heavy atom. The van der Waals surface area contributed by atoms with E-state index in [4.69, 9.17) is 16.3 Å². The van der Waals surface area contributed by atoms with Crippen molar-refractivity contribution in [2.75, 3.05) is 19.0 Å². The number of carbonyl (C=O) groups is 1. The Morgan fingerprint density at radius 1 is 1.39 bits per heavy atom. The van der Waals surface area contributed by atoms with Crippen LogP contribution in [0.3, 0.4) is 0 Å². The number of guanidine groups is 1. The number of anilines is 1. The van der Waals surface area contributed by atoms with Crippen molar-refractivity contribution in [3.8, 4) is 0 Å². The van der Waals surface area contributed by atoms with Gasteiger partial charge in [-0.2, -0.15) is 18.3 Å². The lowest BCUT2D eigenvalue weighted by Crippen LogP contribution is -2.38. The molecule has 11 heteroatoms. The molecule has 0 aliphatic carbocycles. The van der Waals surface area contributed by atoms with Crippen molar-refractivity contribution < 1.29 is 22.7 Å². The maximum absolute atomic E-state index is 12.7. The third-order valence-corrected chi connectivity index (χ3v) is 3.63. The molecule has 0 aliphatic rings. The Kier molecular flexibility index (Phi) is 7.41. The van der Waals surface area contributed by atoms with Gasteiger partial charge in [0.2, 0.25) is 11.9 Å². The summed E-state index contributed by atoms with van der Waals surface area (Å²) in [6.45, 7) is 1.98. The Bertz CT molecular complexity index is 838. The van der Waals surface area contributed by atoms with E-state index in [1.54, 1.807) is 31.2 Å². The van der Waals surface area contributed by atoms with Gasteiger partial charge in [0.25, 0.3) is 0 Å². The van der Waals surface area contributed by atoms with Crippen molar-refractivity contribution >= 4 is 29.3 Å². The summed E-state index contributed by atoms with van der Waals surface area (Å²) in [6, 6.07) is 7.18. The van der Waals surface area contributed by atoms with E-state index >= 15 is 0 Å². The predicted octanol–water partition coefficient (Wildman–Crippen LogP) is 3.24. The van der Waals surface area contributed by atoms with Gasteiger partial charge in [0, 0.05) is 18.2 Å². The SMILES string of the molecule is COCC(C)N=C(NC(=O)Cc1cccc(Cl)c1)Nc1cc(C(F)(F)F)[nH]n1. The third kappa shape index (κ3) is 6.86. The number of hydrogen-bond donors (Lipinski definition) is 3. The van der Waals surface area contributed by atoms with Crippen molar-refractivity contribution in [1.82, 2.24) is 15.5 Å². The second-order valence-corrected chi connectivity index (χ2v) is 6.36. The first-order valence-electron chi connectivity index (χ1n) is 8.18. The average Bonchev–Trinajstić information content (AvgIpc) is 3.03. The van der Waals surface area contributed by atoms with Gasteiger partial charge >= 0.3 is 6.18 Å². The minimum absolute atomic E-state index is 0.00822. The molecule has 1 aromatic heterocycles. The van der Waals surface area contributed by atoms with E-state index < -0.39 is 17.8 Å². The molecule has 1 unspecified atom stereocenters. The number of nitrogens with one attached hydrogen (secondary N) is 3. The van der Waals surface area contributed by atoms with Crippen LogP contribution in [0, 0.1) is 0 Å². The summed E-state index contributed by atoms with van der Waals surface area (Å²) < 4.78 is 43.1. The second-order valence-electron chi connectivity index (χ2n) is 5.93. The quantitative estimate of drug-likeness (QED) is 0.497. The molecular formula is C17H19ClF3N5O2. The molecule has 0 radical (unpaired) electrons. The molecule has 2 rings (SSSR count). The standard InChI is InChI=1S/C17H19ClF3N5O2/c1-10(9-28-2)22-16(23-14-8-13(25-26-14)17(19,20)21)24-15(27)7-11-4-3-5-12(18)6-11/h3-6,8,10H,7,9H2,1-2H3,(H3,22,23,24,25,26,27). The first kappa shape index (κ1) is 21.7. The lowest BCUT2D eigenvalue weighted by molar-refractivity contribution is -0.141. The van der Waals surface area contributed by atoms with Gasteiger partial charge < -0.3 is 10.1 Å². The second kappa shape index (κ2) is 9.56. The largest absolute Gasteiger partial charge is 0.432 e. The van der Waals surface area contributed by atoms with Crippen LogP contribution >= 0.6 is 11.6 Å². The van der Waals surface area contributed by atoms with Gasteiger partial charge in [0.05, 0.1) is 19.1 Å². The molecule has 1 amide bonds. The minimum Gasteiger partial charge on any atom is -0.382 e. The summed E-state index contributed by atoms with van der Waals surface area (Å²) in [7, 11) is 1.49. The van der Waals surface area contributed by atoms with Crippen molar-refractivity contribution in [3.63, 3.8) is 0 Å². The van der Waals surface area contributed by atoms with E-state index in [2.05, 4.69) is 20.7 Å². The topological polar surface area (TPSA) is 91.4 Å². The molecule has 0 bridgehead atoms. The molecule has 3 N–H and O–H groups in total. The highest BCUT2D eigenvalue weighted by molar-refractivity contribution is 6.30. The first-order chi connectivity index (χ1) is 13.2. The molecule has 1 heterocycles. The van der Waals surface area contributed by atoms with Crippen LogP contribution in [0.5, 0.6) is 0 Å². The fraction of sp³-hybridized carbons (Fsp3) is 0.353. The predicted molar refractivity (Wildman–Crippen MR) is 99.3 cm³/mol. The number of H-pyrrole nitrogens is 1.